The lowest BCUT2D eigenvalue weighted by atomic mass is 10.0. The molecule has 22 heavy (non-hydrogen) atoms. The van der Waals surface area contributed by atoms with Crippen LogP contribution in [0.5, 0.6) is 0 Å². The van der Waals surface area contributed by atoms with Crippen molar-refractivity contribution in [2.24, 2.45) is 5.92 Å². The zero-order valence-electron chi connectivity index (χ0n) is 13.5. The van der Waals surface area contributed by atoms with Gasteiger partial charge in [0.15, 0.2) is 0 Å². The van der Waals surface area contributed by atoms with E-state index in [9.17, 15) is 4.79 Å². The lowest BCUT2D eigenvalue weighted by Crippen LogP contribution is -2.35. The average molecular weight is 295 g/mol. The van der Waals surface area contributed by atoms with Crippen LogP contribution in [0.1, 0.15) is 37.8 Å². The van der Waals surface area contributed by atoms with E-state index < -0.39 is 0 Å². The molecule has 0 saturated heterocycles. The fraction of sp³-hybridized carbons (Fsp3) is 0.350. The van der Waals surface area contributed by atoms with Crippen LogP contribution in [-0.4, -0.2) is 10.8 Å². The van der Waals surface area contributed by atoms with E-state index >= 15 is 0 Å². The SMILES string of the molecule is CCC(CC)C(=O)N(Cc1ccccc1)Cc1ccccc1. The van der Waals surface area contributed by atoms with Gasteiger partial charge in [0.1, 0.15) is 0 Å². The predicted octanol–water partition coefficient (Wildman–Crippen LogP) is 4.65. The number of rotatable bonds is 7. The monoisotopic (exact) mass is 295 g/mol. The molecule has 2 aromatic carbocycles. The van der Waals surface area contributed by atoms with E-state index in [-0.39, 0.29) is 11.8 Å². The van der Waals surface area contributed by atoms with Crippen LogP contribution in [-0.2, 0) is 17.9 Å². The van der Waals surface area contributed by atoms with Gasteiger partial charge >= 0.3 is 0 Å². The maximum Gasteiger partial charge on any atom is 0.226 e. The first-order chi connectivity index (χ1) is 10.7. The van der Waals surface area contributed by atoms with Crippen molar-refractivity contribution in [3.05, 3.63) is 71.8 Å². The molecule has 2 heteroatoms. The summed E-state index contributed by atoms with van der Waals surface area (Å²) < 4.78 is 0. The Balaban J connectivity index is 2.18. The molecule has 0 aliphatic rings. The van der Waals surface area contributed by atoms with Gasteiger partial charge in [-0.25, -0.2) is 0 Å². The standard InChI is InChI=1S/C20H25NO/c1-3-19(4-2)20(22)21(15-17-11-7-5-8-12-17)16-18-13-9-6-10-14-18/h5-14,19H,3-4,15-16H2,1-2H3. The average Bonchev–Trinajstić information content (AvgIpc) is 2.57. The van der Waals surface area contributed by atoms with Gasteiger partial charge in [0.05, 0.1) is 0 Å². The fourth-order valence-electron chi connectivity index (χ4n) is 2.72. The van der Waals surface area contributed by atoms with E-state index in [0.29, 0.717) is 13.1 Å². The zero-order valence-corrected chi connectivity index (χ0v) is 13.5. The molecule has 2 rings (SSSR count). The normalized spacial score (nSPS) is 10.7. The number of carbonyl (C=O) groups is 1. The Morgan fingerprint density at radius 3 is 1.59 bits per heavy atom. The Morgan fingerprint density at radius 1 is 0.818 bits per heavy atom. The molecule has 1 amide bonds. The van der Waals surface area contributed by atoms with Gasteiger partial charge in [-0.05, 0) is 24.0 Å². The van der Waals surface area contributed by atoms with Gasteiger partial charge in [-0.3, -0.25) is 4.79 Å². The second-order valence-corrected chi connectivity index (χ2v) is 5.68. The third-order valence-corrected chi connectivity index (χ3v) is 4.08. The van der Waals surface area contributed by atoms with Crippen LogP contribution in [0.4, 0.5) is 0 Å². The molecule has 0 bridgehead atoms. The summed E-state index contributed by atoms with van der Waals surface area (Å²) in [6.45, 7) is 5.53. The molecule has 0 aliphatic carbocycles. The summed E-state index contributed by atoms with van der Waals surface area (Å²) in [6, 6.07) is 20.4. The Labute approximate surface area is 133 Å². The third-order valence-electron chi connectivity index (χ3n) is 4.08. The Bertz CT molecular complexity index is 519. The first-order valence-corrected chi connectivity index (χ1v) is 8.11. The molecule has 0 heterocycles. The van der Waals surface area contributed by atoms with Crippen molar-refractivity contribution >= 4 is 5.91 Å². The van der Waals surface area contributed by atoms with Crippen molar-refractivity contribution in [2.75, 3.05) is 0 Å². The summed E-state index contributed by atoms with van der Waals surface area (Å²) in [5.41, 5.74) is 2.36. The van der Waals surface area contributed by atoms with Crippen LogP contribution < -0.4 is 0 Å². The molecule has 0 fully saturated rings. The van der Waals surface area contributed by atoms with Gasteiger partial charge in [-0.1, -0.05) is 74.5 Å². The maximum absolute atomic E-state index is 12.8. The van der Waals surface area contributed by atoms with Gasteiger partial charge < -0.3 is 4.90 Å². The van der Waals surface area contributed by atoms with Crippen LogP contribution in [0.25, 0.3) is 0 Å². The van der Waals surface area contributed by atoms with E-state index in [1.54, 1.807) is 0 Å². The quantitative estimate of drug-likeness (QED) is 0.728. The van der Waals surface area contributed by atoms with Gasteiger partial charge in [0.25, 0.3) is 0 Å². The first kappa shape index (κ1) is 16.3. The summed E-state index contributed by atoms with van der Waals surface area (Å²) in [4.78, 5) is 14.8. The fourth-order valence-corrected chi connectivity index (χ4v) is 2.72. The summed E-state index contributed by atoms with van der Waals surface area (Å²) in [5, 5.41) is 0. The van der Waals surface area contributed by atoms with Crippen LogP contribution in [0, 0.1) is 5.92 Å². The van der Waals surface area contributed by atoms with Gasteiger partial charge in [-0.2, -0.15) is 0 Å². The highest BCUT2D eigenvalue weighted by Gasteiger charge is 2.21. The molecule has 116 valence electrons. The molecule has 0 spiro atoms. The van der Waals surface area contributed by atoms with Crippen molar-refractivity contribution in [1.82, 2.24) is 4.90 Å². The Hall–Kier alpha value is -2.09. The minimum Gasteiger partial charge on any atom is -0.334 e. The van der Waals surface area contributed by atoms with E-state index in [0.717, 1.165) is 12.8 Å². The summed E-state index contributed by atoms with van der Waals surface area (Å²) in [7, 11) is 0. The lowest BCUT2D eigenvalue weighted by Gasteiger charge is -2.27. The van der Waals surface area contributed by atoms with Crippen molar-refractivity contribution in [1.29, 1.82) is 0 Å². The summed E-state index contributed by atoms with van der Waals surface area (Å²) in [6.07, 6.45) is 1.80. The zero-order chi connectivity index (χ0) is 15.8. The number of hydrogen-bond acceptors (Lipinski definition) is 1. The molecule has 0 N–H and O–H groups in total. The number of nitrogens with zero attached hydrogens (tertiary/aromatic N) is 1. The smallest absolute Gasteiger partial charge is 0.226 e. The Morgan fingerprint density at radius 2 is 1.23 bits per heavy atom. The van der Waals surface area contributed by atoms with Crippen LogP contribution in [0.15, 0.2) is 60.7 Å². The highest BCUT2D eigenvalue weighted by atomic mass is 16.2. The predicted molar refractivity (Wildman–Crippen MR) is 91.2 cm³/mol. The minimum atomic E-state index is 0.118. The summed E-state index contributed by atoms with van der Waals surface area (Å²) >= 11 is 0. The van der Waals surface area contributed by atoms with E-state index in [4.69, 9.17) is 0 Å². The molecule has 2 aromatic rings. The van der Waals surface area contributed by atoms with E-state index in [1.807, 2.05) is 41.3 Å². The molecular weight excluding hydrogens is 270 g/mol. The molecule has 0 aromatic heterocycles. The van der Waals surface area contributed by atoms with Crippen molar-refractivity contribution in [3.8, 4) is 0 Å². The van der Waals surface area contributed by atoms with Crippen LogP contribution >= 0.6 is 0 Å². The number of benzene rings is 2. The molecular formula is C20H25NO. The van der Waals surface area contributed by atoms with E-state index in [1.165, 1.54) is 11.1 Å². The maximum atomic E-state index is 12.8. The van der Waals surface area contributed by atoms with Gasteiger partial charge in [-0.15, -0.1) is 0 Å². The Kier molecular flexibility index (Phi) is 6.20. The van der Waals surface area contributed by atoms with Crippen molar-refractivity contribution in [2.45, 2.75) is 39.8 Å². The number of amides is 1. The summed E-state index contributed by atoms with van der Waals surface area (Å²) in [5.74, 6) is 0.380. The molecule has 0 unspecified atom stereocenters. The lowest BCUT2D eigenvalue weighted by molar-refractivity contribution is -0.137. The number of hydrogen-bond donors (Lipinski definition) is 0. The number of carbonyl (C=O) groups excluding carboxylic acids is 1. The largest absolute Gasteiger partial charge is 0.334 e. The van der Waals surface area contributed by atoms with Crippen molar-refractivity contribution < 1.29 is 4.79 Å². The third kappa shape index (κ3) is 4.45. The second kappa shape index (κ2) is 8.38. The van der Waals surface area contributed by atoms with Crippen molar-refractivity contribution in [3.63, 3.8) is 0 Å². The minimum absolute atomic E-state index is 0.118. The van der Waals surface area contributed by atoms with Crippen LogP contribution in [0.2, 0.25) is 0 Å². The highest BCUT2D eigenvalue weighted by molar-refractivity contribution is 5.78. The molecule has 0 radical (unpaired) electrons. The molecule has 0 atom stereocenters. The van der Waals surface area contributed by atoms with E-state index in [2.05, 4.69) is 38.1 Å². The molecule has 2 nitrogen and oxygen atoms in total. The first-order valence-electron chi connectivity index (χ1n) is 8.11. The van der Waals surface area contributed by atoms with Gasteiger partial charge in [0, 0.05) is 19.0 Å². The molecule has 0 saturated carbocycles. The highest BCUT2D eigenvalue weighted by Crippen LogP contribution is 2.17. The van der Waals surface area contributed by atoms with Crippen LogP contribution in [0.3, 0.4) is 0 Å². The molecule has 0 aliphatic heterocycles. The topological polar surface area (TPSA) is 20.3 Å². The van der Waals surface area contributed by atoms with Gasteiger partial charge in [0.2, 0.25) is 5.91 Å². The second-order valence-electron chi connectivity index (χ2n) is 5.68.